The Balaban J connectivity index is 1.59. The highest BCUT2D eigenvalue weighted by molar-refractivity contribution is 9.11. The Bertz CT molecular complexity index is 639. The molecule has 0 aromatic carbocycles. The highest BCUT2D eigenvalue weighted by Gasteiger charge is 2.49. The van der Waals surface area contributed by atoms with Crippen LogP contribution in [0.2, 0.25) is 0 Å². The molecule has 0 saturated heterocycles. The molecule has 0 atom stereocenters. The molecule has 3 nitrogen and oxygen atoms in total. The Kier molecular flexibility index (Phi) is 3.52. The minimum Gasteiger partial charge on any atom is -0.207 e. The smallest absolute Gasteiger partial charge is 0.207 e. The lowest BCUT2D eigenvalue weighted by molar-refractivity contribution is -0.00557. The average molecular weight is 390 g/mol. The predicted octanol–water partition coefficient (Wildman–Crippen LogP) is 3.92. The van der Waals surface area contributed by atoms with Crippen LogP contribution < -0.4 is 4.72 Å². The Hall–Kier alpha value is 0.0900. The van der Waals surface area contributed by atoms with E-state index in [4.69, 9.17) is 0 Å². The molecule has 4 aliphatic carbocycles. The van der Waals surface area contributed by atoms with Crippen LogP contribution in [0.3, 0.4) is 0 Å². The van der Waals surface area contributed by atoms with E-state index in [2.05, 4.69) is 20.7 Å². The van der Waals surface area contributed by atoms with Crippen LogP contribution in [0.5, 0.6) is 0 Å². The summed E-state index contributed by atoms with van der Waals surface area (Å²) in [4.78, 5) is 1.31. The SMILES string of the molecule is Cc1sc(Br)cc1S(=O)(=O)NC1C2CC3CC(C2)CC1C3. The second-order valence-electron chi connectivity index (χ2n) is 7.05. The molecule has 1 N–H and O–H groups in total. The first-order valence-electron chi connectivity index (χ1n) is 7.70. The van der Waals surface area contributed by atoms with Crippen molar-refractivity contribution < 1.29 is 8.42 Å². The van der Waals surface area contributed by atoms with Crippen LogP contribution in [0.25, 0.3) is 0 Å². The Morgan fingerprint density at radius 1 is 1.14 bits per heavy atom. The zero-order valence-corrected chi connectivity index (χ0v) is 15.2. The average Bonchev–Trinajstić information content (AvgIpc) is 2.73. The minimum absolute atomic E-state index is 0.167. The summed E-state index contributed by atoms with van der Waals surface area (Å²) >= 11 is 4.87. The van der Waals surface area contributed by atoms with Crippen molar-refractivity contribution in [2.75, 3.05) is 0 Å². The van der Waals surface area contributed by atoms with Crippen LogP contribution in [-0.2, 0) is 10.0 Å². The van der Waals surface area contributed by atoms with Crippen molar-refractivity contribution in [1.82, 2.24) is 4.72 Å². The van der Waals surface area contributed by atoms with E-state index in [0.717, 1.165) is 20.5 Å². The van der Waals surface area contributed by atoms with Gasteiger partial charge in [-0.05, 0) is 84.7 Å². The third kappa shape index (κ3) is 2.52. The highest BCUT2D eigenvalue weighted by atomic mass is 79.9. The Morgan fingerprint density at radius 3 is 2.19 bits per heavy atom. The molecule has 1 heterocycles. The van der Waals surface area contributed by atoms with Gasteiger partial charge in [-0.1, -0.05) is 0 Å². The van der Waals surface area contributed by atoms with Gasteiger partial charge in [-0.2, -0.15) is 0 Å². The molecule has 5 rings (SSSR count). The third-order valence-corrected chi connectivity index (χ3v) is 8.92. The second kappa shape index (κ2) is 5.05. The van der Waals surface area contributed by atoms with Gasteiger partial charge < -0.3 is 0 Å². The van der Waals surface area contributed by atoms with E-state index in [1.807, 2.05) is 6.92 Å². The van der Waals surface area contributed by atoms with E-state index in [9.17, 15) is 8.42 Å². The number of sulfonamides is 1. The molecule has 21 heavy (non-hydrogen) atoms. The van der Waals surface area contributed by atoms with Crippen LogP contribution >= 0.6 is 27.3 Å². The summed E-state index contributed by atoms with van der Waals surface area (Å²) in [5.74, 6) is 2.87. The standard InChI is InChI=1S/C15H20BrNO2S2/c1-8-13(7-14(16)20-8)21(18,19)17-15-11-3-9-2-10(5-11)6-12(15)4-9/h7,9-12,15,17H,2-6H2,1H3. The molecule has 0 unspecified atom stereocenters. The molecule has 0 amide bonds. The topological polar surface area (TPSA) is 46.2 Å². The van der Waals surface area contributed by atoms with Gasteiger partial charge in [-0.25, -0.2) is 13.1 Å². The van der Waals surface area contributed by atoms with Crippen LogP contribution in [0.1, 0.15) is 37.0 Å². The van der Waals surface area contributed by atoms with Gasteiger partial charge in [0.05, 0.1) is 8.68 Å². The summed E-state index contributed by atoms with van der Waals surface area (Å²) in [6.07, 6.45) is 6.31. The first kappa shape index (κ1) is 14.7. The predicted molar refractivity (Wildman–Crippen MR) is 87.9 cm³/mol. The number of aryl methyl sites for hydroxylation is 1. The Labute approximate surface area is 138 Å². The van der Waals surface area contributed by atoms with Gasteiger partial charge in [0, 0.05) is 10.9 Å². The highest BCUT2D eigenvalue weighted by Crippen LogP contribution is 2.54. The number of thiophene rings is 1. The zero-order chi connectivity index (χ0) is 14.8. The summed E-state index contributed by atoms with van der Waals surface area (Å²) in [6, 6.07) is 1.90. The van der Waals surface area contributed by atoms with Crippen LogP contribution in [0, 0.1) is 30.6 Å². The van der Waals surface area contributed by atoms with Gasteiger partial charge in [0.2, 0.25) is 10.0 Å². The fourth-order valence-electron chi connectivity index (χ4n) is 5.06. The molecule has 4 aliphatic rings. The van der Waals surface area contributed by atoms with Crippen molar-refractivity contribution >= 4 is 37.3 Å². The van der Waals surface area contributed by atoms with E-state index in [1.54, 1.807) is 6.07 Å². The zero-order valence-electron chi connectivity index (χ0n) is 12.0. The summed E-state index contributed by atoms with van der Waals surface area (Å²) in [5, 5.41) is 0. The van der Waals surface area contributed by atoms with Gasteiger partial charge in [0.25, 0.3) is 0 Å². The summed E-state index contributed by atoms with van der Waals surface area (Å²) in [5.41, 5.74) is 0. The van der Waals surface area contributed by atoms with Crippen LogP contribution in [0.4, 0.5) is 0 Å². The Morgan fingerprint density at radius 2 is 1.71 bits per heavy atom. The molecule has 116 valence electrons. The molecular weight excluding hydrogens is 370 g/mol. The molecule has 0 spiro atoms. The summed E-state index contributed by atoms with van der Waals surface area (Å²) in [7, 11) is -3.38. The normalized spacial score (nSPS) is 38.1. The second-order valence-corrected chi connectivity index (χ2v) is 11.4. The van der Waals surface area contributed by atoms with E-state index in [-0.39, 0.29) is 6.04 Å². The van der Waals surface area contributed by atoms with Crippen molar-refractivity contribution in [3.05, 3.63) is 14.7 Å². The fraction of sp³-hybridized carbons (Fsp3) is 0.733. The summed E-state index contributed by atoms with van der Waals surface area (Å²) in [6.45, 7) is 1.88. The minimum atomic E-state index is -3.38. The maximum atomic E-state index is 12.7. The van der Waals surface area contributed by atoms with E-state index in [0.29, 0.717) is 16.7 Å². The van der Waals surface area contributed by atoms with Gasteiger partial charge in [-0.3, -0.25) is 0 Å². The number of halogens is 1. The van der Waals surface area contributed by atoms with E-state index in [1.165, 1.54) is 43.4 Å². The van der Waals surface area contributed by atoms with Crippen LogP contribution in [-0.4, -0.2) is 14.5 Å². The maximum absolute atomic E-state index is 12.7. The van der Waals surface area contributed by atoms with Gasteiger partial charge in [0.1, 0.15) is 0 Å². The van der Waals surface area contributed by atoms with E-state index >= 15 is 0 Å². The molecule has 0 aliphatic heterocycles. The first-order chi connectivity index (χ1) is 9.92. The fourth-order valence-corrected chi connectivity index (χ4v) is 8.85. The lowest BCUT2D eigenvalue weighted by atomic mass is 9.54. The van der Waals surface area contributed by atoms with Crippen molar-refractivity contribution in [3.8, 4) is 0 Å². The molecule has 4 bridgehead atoms. The maximum Gasteiger partial charge on any atom is 0.241 e. The molecule has 6 heteroatoms. The van der Waals surface area contributed by atoms with Crippen molar-refractivity contribution in [2.24, 2.45) is 23.7 Å². The molecule has 1 aromatic heterocycles. The summed E-state index contributed by atoms with van der Waals surface area (Å²) < 4.78 is 29.4. The van der Waals surface area contributed by atoms with E-state index < -0.39 is 10.0 Å². The molecule has 0 radical (unpaired) electrons. The largest absolute Gasteiger partial charge is 0.241 e. The van der Waals surface area contributed by atoms with Crippen molar-refractivity contribution in [1.29, 1.82) is 0 Å². The quantitative estimate of drug-likeness (QED) is 0.850. The van der Waals surface area contributed by atoms with Crippen molar-refractivity contribution in [2.45, 2.75) is 50.0 Å². The van der Waals surface area contributed by atoms with Gasteiger partial charge in [-0.15, -0.1) is 11.3 Å². The van der Waals surface area contributed by atoms with Crippen molar-refractivity contribution in [3.63, 3.8) is 0 Å². The van der Waals surface area contributed by atoms with Gasteiger partial charge >= 0.3 is 0 Å². The number of rotatable bonds is 3. The number of hydrogen-bond donors (Lipinski definition) is 1. The lowest BCUT2D eigenvalue weighted by Crippen LogP contribution is -2.55. The lowest BCUT2D eigenvalue weighted by Gasteiger charge is -2.54. The molecule has 1 aromatic rings. The monoisotopic (exact) mass is 389 g/mol. The number of nitrogens with one attached hydrogen (secondary N) is 1. The third-order valence-electron chi connectivity index (χ3n) is 5.65. The van der Waals surface area contributed by atoms with Crippen LogP contribution in [0.15, 0.2) is 14.7 Å². The number of hydrogen-bond acceptors (Lipinski definition) is 3. The molecular formula is C15H20BrNO2S2. The van der Waals surface area contributed by atoms with Gasteiger partial charge in [0.15, 0.2) is 0 Å². The first-order valence-corrected chi connectivity index (χ1v) is 10.8. The molecule has 4 fully saturated rings. The molecule has 4 saturated carbocycles.